The molecular formula is C35H28O7. The van der Waals surface area contributed by atoms with Gasteiger partial charge in [-0.05, 0) is 41.0 Å². The quantitative estimate of drug-likeness (QED) is 0.167. The number of hydrogen-bond donors (Lipinski definition) is 0. The third kappa shape index (κ3) is 4.57. The molecule has 7 rings (SSSR count). The van der Waals surface area contributed by atoms with Crippen molar-refractivity contribution in [3.8, 4) is 34.1 Å². The lowest BCUT2D eigenvalue weighted by Crippen LogP contribution is -2.22. The molecule has 2 aliphatic rings. The largest absolute Gasteiger partial charge is 0.493 e. The van der Waals surface area contributed by atoms with Crippen LogP contribution in [0.15, 0.2) is 94.3 Å². The predicted molar refractivity (Wildman–Crippen MR) is 158 cm³/mol. The highest BCUT2D eigenvalue weighted by molar-refractivity contribution is 5.90. The molecule has 0 saturated heterocycles. The van der Waals surface area contributed by atoms with Crippen LogP contribution in [-0.2, 0) is 17.6 Å². The van der Waals surface area contributed by atoms with E-state index in [1.807, 2.05) is 54.6 Å². The summed E-state index contributed by atoms with van der Waals surface area (Å²) >= 11 is 0. The van der Waals surface area contributed by atoms with Gasteiger partial charge in [0.25, 0.3) is 0 Å². The lowest BCUT2D eigenvalue weighted by molar-refractivity contribution is -0.135. The number of esters is 1. The van der Waals surface area contributed by atoms with Crippen molar-refractivity contribution in [2.45, 2.75) is 25.2 Å². The zero-order valence-corrected chi connectivity index (χ0v) is 23.1. The van der Waals surface area contributed by atoms with Gasteiger partial charge in [-0.15, -0.1) is 0 Å². The predicted octanol–water partition coefficient (Wildman–Crippen LogP) is 6.47. The van der Waals surface area contributed by atoms with Crippen LogP contribution in [0.25, 0.3) is 22.1 Å². The number of fused-ring (bicyclic) bond motifs is 4. The number of para-hydroxylation sites is 1. The van der Waals surface area contributed by atoms with Crippen molar-refractivity contribution in [3.63, 3.8) is 0 Å². The van der Waals surface area contributed by atoms with Crippen LogP contribution >= 0.6 is 0 Å². The first-order chi connectivity index (χ1) is 20.6. The Kier molecular flexibility index (Phi) is 6.62. The monoisotopic (exact) mass is 560 g/mol. The number of carbonyl (C=O) groups excluding carboxylic acids is 1. The molecule has 0 N–H and O–H groups in total. The summed E-state index contributed by atoms with van der Waals surface area (Å²) in [5, 5.41) is 0.420. The van der Waals surface area contributed by atoms with E-state index in [0.29, 0.717) is 59.0 Å². The first kappa shape index (κ1) is 25.9. The normalized spacial score (nSPS) is 15.5. The number of rotatable bonds is 7. The Balaban J connectivity index is 1.28. The summed E-state index contributed by atoms with van der Waals surface area (Å²) < 4.78 is 29.5. The smallest absolute Gasteiger partial charge is 0.312 e. The average molecular weight is 561 g/mol. The maximum Gasteiger partial charge on any atom is 0.312 e. The Morgan fingerprint density at radius 3 is 2.64 bits per heavy atom. The second-order valence-electron chi connectivity index (χ2n) is 10.4. The molecule has 42 heavy (non-hydrogen) atoms. The van der Waals surface area contributed by atoms with Gasteiger partial charge in [0.2, 0.25) is 5.43 Å². The van der Waals surface area contributed by atoms with Crippen molar-refractivity contribution >= 4 is 16.9 Å². The van der Waals surface area contributed by atoms with Gasteiger partial charge in [-0.3, -0.25) is 9.59 Å². The molecule has 7 nitrogen and oxygen atoms in total. The Bertz CT molecular complexity index is 1870. The van der Waals surface area contributed by atoms with Crippen LogP contribution in [0.3, 0.4) is 0 Å². The lowest BCUT2D eigenvalue weighted by atomic mass is 9.84. The second-order valence-corrected chi connectivity index (χ2v) is 10.4. The summed E-state index contributed by atoms with van der Waals surface area (Å²) in [7, 11) is 1.59. The number of ether oxygens (including phenoxy) is 4. The SMILES string of the molecule is COc1cccc([C@@H]2CC(=O)Oc3ccc4c(=O)c(-c5ccccc5)coc4c32)c1OCCc1ccc2c(c1)CCO2. The molecule has 4 aromatic carbocycles. The van der Waals surface area contributed by atoms with E-state index in [-0.39, 0.29) is 17.8 Å². The van der Waals surface area contributed by atoms with Gasteiger partial charge >= 0.3 is 5.97 Å². The fourth-order valence-corrected chi connectivity index (χ4v) is 5.93. The van der Waals surface area contributed by atoms with Crippen LogP contribution < -0.4 is 24.4 Å². The van der Waals surface area contributed by atoms with Gasteiger partial charge in [0, 0.05) is 29.9 Å². The Morgan fingerprint density at radius 1 is 0.929 bits per heavy atom. The van der Waals surface area contributed by atoms with Crippen LogP contribution in [-0.4, -0.2) is 26.3 Å². The number of hydrogen-bond acceptors (Lipinski definition) is 7. The molecule has 0 fully saturated rings. The first-order valence-corrected chi connectivity index (χ1v) is 14.0. The summed E-state index contributed by atoms with van der Waals surface area (Å²) in [6.07, 6.45) is 3.14. The standard InChI is InChI=1S/C35H28O7/c1-38-30-9-5-8-24(34(30)40-16-14-21-10-12-28-23(18-21)15-17-39-28)26-19-31(36)42-29-13-11-25-33(37)27(20-41-35(25)32(26)29)22-6-3-2-4-7-22/h2-13,18,20,26H,14-17,19H2,1H3/t26-/m0/s1. The van der Waals surface area contributed by atoms with Gasteiger partial charge < -0.3 is 23.4 Å². The van der Waals surface area contributed by atoms with Gasteiger partial charge in [-0.2, -0.15) is 0 Å². The minimum Gasteiger partial charge on any atom is -0.493 e. The Morgan fingerprint density at radius 2 is 1.79 bits per heavy atom. The van der Waals surface area contributed by atoms with E-state index in [4.69, 9.17) is 23.4 Å². The van der Waals surface area contributed by atoms with E-state index in [2.05, 4.69) is 12.1 Å². The zero-order valence-electron chi connectivity index (χ0n) is 23.1. The highest BCUT2D eigenvalue weighted by atomic mass is 16.5. The van der Waals surface area contributed by atoms with Crippen molar-refractivity contribution in [1.29, 1.82) is 0 Å². The maximum absolute atomic E-state index is 13.6. The summed E-state index contributed by atoms with van der Waals surface area (Å²) in [5.41, 5.74) is 5.25. The van der Waals surface area contributed by atoms with Gasteiger partial charge in [-0.25, -0.2) is 0 Å². The lowest BCUT2D eigenvalue weighted by Gasteiger charge is -2.27. The highest BCUT2D eigenvalue weighted by Gasteiger charge is 2.34. The number of carbonyl (C=O) groups is 1. The Hall–Kier alpha value is -5.04. The number of methoxy groups -OCH3 is 1. The van der Waals surface area contributed by atoms with Crippen LogP contribution in [0.5, 0.6) is 23.0 Å². The van der Waals surface area contributed by atoms with Crippen LogP contribution in [0.4, 0.5) is 0 Å². The first-order valence-electron chi connectivity index (χ1n) is 14.0. The topological polar surface area (TPSA) is 84.2 Å². The molecule has 3 heterocycles. The molecular weight excluding hydrogens is 532 g/mol. The highest BCUT2D eigenvalue weighted by Crippen LogP contribution is 2.47. The van der Waals surface area contributed by atoms with Gasteiger partial charge in [0.15, 0.2) is 11.5 Å². The molecule has 2 aliphatic heterocycles. The van der Waals surface area contributed by atoms with E-state index < -0.39 is 5.92 Å². The third-order valence-electron chi connectivity index (χ3n) is 7.96. The molecule has 0 spiro atoms. The summed E-state index contributed by atoms with van der Waals surface area (Å²) in [6.45, 7) is 1.12. The number of benzene rings is 4. The van der Waals surface area contributed by atoms with E-state index in [1.54, 1.807) is 19.2 Å². The molecule has 0 saturated carbocycles. The van der Waals surface area contributed by atoms with E-state index >= 15 is 0 Å². The van der Waals surface area contributed by atoms with Crippen molar-refractivity contribution in [1.82, 2.24) is 0 Å². The van der Waals surface area contributed by atoms with Crippen molar-refractivity contribution < 1.29 is 28.2 Å². The molecule has 210 valence electrons. The minimum atomic E-state index is -0.474. The minimum absolute atomic E-state index is 0.0601. The summed E-state index contributed by atoms with van der Waals surface area (Å²) in [6, 6.07) is 24.6. The van der Waals surface area contributed by atoms with Crippen molar-refractivity contribution in [2.24, 2.45) is 0 Å². The molecule has 0 amide bonds. The maximum atomic E-state index is 13.6. The third-order valence-corrected chi connectivity index (χ3v) is 7.96. The van der Waals surface area contributed by atoms with Crippen LogP contribution in [0.2, 0.25) is 0 Å². The average Bonchev–Trinajstić information content (AvgIpc) is 3.49. The summed E-state index contributed by atoms with van der Waals surface area (Å²) in [4.78, 5) is 26.4. The van der Waals surface area contributed by atoms with Gasteiger partial charge in [0.05, 0.1) is 37.7 Å². The molecule has 0 aliphatic carbocycles. The molecule has 0 radical (unpaired) electrons. The zero-order chi connectivity index (χ0) is 28.6. The second kappa shape index (κ2) is 10.7. The molecule has 1 aromatic heterocycles. The molecule has 0 unspecified atom stereocenters. The van der Waals surface area contributed by atoms with E-state index in [9.17, 15) is 9.59 Å². The Labute approximate surface area is 242 Å². The van der Waals surface area contributed by atoms with Crippen LogP contribution in [0.1, 0.15) is 34.6 Å². The van der Waals surface area contributed by atoms with E-state index in [0.717, 1.165) is 28.9 Å². The van der Waals surface area contributed by atoms with E-state index in [1.165, 1.54) is 11.8 Å². The fraction of sp³-hybridized carbons (Fsp3) is 0.200. The molecule has 1 atom stereocenters. The van der Waals surface area contributed by atoms with Crippen LogP contribution in [0, 0.1) is 0 Å². The van der Waals surface area contributed by atoms with Crippen molar-refractivity contribution in [3.05, 3.63) is 118 Å². The molecule has 7 heteroatoms. The fourth-order valence-electron chi connectivity index (χ4n) is 5.93. The molecule has 5 aromatic rings. The van der Waals surface area contributed by atoms with Gasteiger partial charge in [-0.1, -0.05) is 54.6 Å². The summed E-state index contributed by atoms with van der Waals surface area (Å²) in [5.74, 6) is 1.58. The van der Waals surface area contributed by atoms with Crippen molar-refractivity contribution in [2.75, 3.05) is 20.3 Å². The molecule has 0 bridgehead atoms. The van der Waals surface area contributed by atoms with Gasteiger partial charge in [0.1, 0.15) is 23.3 Å².